The van der Waals surface area contributed by atoms with Crippen molar-refractivity contribution in [3.63, 3.8) is 0 Å². The second-order valence-corrected chi connectivity index (χ2v) is 11.5. The zero-order chi connectivity index (χ0) is 30.0. The summed E-state index contributed by atoms with van der Waals surface area (Å²) in [5, 5.41) is 2.96. The zero-order valence-corrected chi connectivity index (χ0v) is 24.8. The molecule has 220 valence electrons. The molecule has 0 fully saturated rings. The van der Waals surface area contributed by atoms with Gasteiger partial charge in [-0.1, -0.05) is 48.5 Å². The smallest absolute Gasteiger partial charge is 0.247 e. The van der Waals surface area contributed by atoms with E-state index in [-0.39, 0.29) is 12.5 Å². The fourth-order valence-electron chi connectivity index (χ4n) is 4.22. The monoisotopic (exact) mass is 583 g/mol. The van der Waals surface area contributed by atoms with Crippen LogP contribution in [0.3, 0.4) is 0 Å². The molecule has 10 nitrogen and oxygen atoms in total. The highest BCUT2D eigenvalue weighted by Gasteiger charge is 2.32. The maximum atomic E-state index is 13.8. The summed E-state index contributed by atoms with van der Waals surface area (Å²) in [6.07, 6.45) is 1.54. The Morgan fingerprint density at radius 3 is 2.07 bits per heavy atom. The molecule has 3 aromatic rings. The predicted molar refractivity (Wildman–Crippen MR) is 156 cm³/mol. The fraction of sp³-hybridized carbons (Fsp3) is 0.333. The van der Waals surface area contributed by atoms with Crippen LogP contribution in [0, 0.1) is 0 Å². The molecule has 0 heterocycles. The van der Waals surface area contributed by atoms with Gasteiger partial charge in [0, 0.05) is 20.1 Å². The summed E-state index contributed by atoms with van der Waals surface area (Å²) in [5.41, 5.74) is 2.28. The molecule has 2 amide bonds. The van der Waals surface area contributed by atoms with Gasteiger partial charge in [-0.05, 0) is 47.4 Å². The average molecular weight is 584 g/mol. The average Bonchev–Trinajstić information content (AvgIpc) is 2.97. The number of methoxy groups -OCH3 is 3. The first kappa shape index (κ1) is 31.4. The van der Waals surface area contributed by atoms with E-state index in [0.29, 0.717) is 35.8 Å². The van der Waals surface area contributed by atoms with Gasteiger partial charge in [-0.25, -0.2) is 8.42 Å². The van der Waals surface area contributed by atoms with E-state index in [0.717, 1.165) is 21.7 Å². The number of amides is 2. The summed E-state index contributed by atoms with van der Waals surface area (Å²) < 4.78 is 41.1. The van der Waals surface area contributed by atoms with Crippen LogP contribution in [0.25, 0.3) is 0 Å². The van der Waals surface area contributed by atoms with Crippen LogP contribution in [-0.2, 0) is 32.6 Å². The van der Waals surface area contributed by atoms with Crippen LogP contribution in [-0.4, -0.2) is 77.2 Å². The first-order chi connectivity index (χ1) is 19.6. The molecule has 41 heavy (non-hydrogen) atoms. The molecule has 3 rings (SSSR count). The third-order valence-electron chi connectivity index (χ3n) is 6.59. The minimum Gasteiger partial charge on any atom is -0.497 e. The molecule has 11 heteroatoms. The van der Waals surface area contributed by atoms with Gasteiger partial charge in [-0.15, -0.1) is 0 Å². The third-order valence-corrected chi connectivity index (χ3v) is 7.85. The van der Waals surface area contributed by atoms with Crippen molar-refractivity contribution in [2.75, 3.05) is 47.7 Å². The lowest BCUT2D eigenvalue weighted by atomic mass is 10.0. The maximum Gasteiger partial charge on any atom is 0.247 e. The Balaban J connectivity index is 1.90. The molecule has 0 saturated heterocycles. The van der Waals surface area contributed by atoms with Crippen molar-refractivity contribution in [2.45, 2.75) is 19.0 Å². The van der Waals surface area contributed by atoms with Gasteiger partial charge in [0.1, 0.15) is 11.8 Å². The number of benzene rings is 3. The molecule has 3 aromatic carbocycles. The highest BCUT2D eigenvalue weighted by Crippen LogP contribution is 2.28. The topological polar surface area (TPSA) is 114 Å². The third kappa shape index (κ3) is 8.70. The van der Waals surface area contributed by atoms with Crippen LogP contribution >= 0.6 is 0 Å². The maximum absolute atomic E-state index is 13.8. The number of nitrogens with zero attached hydrogens (tertiary/aromatic N) is 2. The van der Waals surface area contributed by atoms with E-state index >= 15 is 0 Å². The van der Waals surface area contributed by atoms with E-state index in [4.69, 9.17) is 14.2 Å². The van der Waals surface area contributed by atoms with E-state index < -0.39 is 28.5 Å². The number of nitrogens with one attached hydrogen (secondary N) is 1. The summed E-state index contributed by atoms with van der Waals surface area (Å²) in [6.45, 7) is -0.0498. The minimum atomic E-state index is -3.63. The van der Waals surface area contributed by atoms with E-state index in [1.165, 1.54) is 11.9 Å². The van der Waals surface area contributed by atoms with Crippen molar-refractivity contribution in [2.24, 2.45) is 0 Å². The van der Waals surface area contributed by atoms with Crippen LogP contribution < -0.4 is 19.5 Å². The summed E-state index contributed by atoms with van der Waals surface area (Å²) in [7, 11) is 2.38. The highest BCUT2D eigenvalue weighted by atomic mass is 32.2. The number of likely N-dealkylation sites (N-methyl/N-ethyl adjacent to an activating group) is 1. The van der Waals surface area contributed by atoms with E-state index in [9.17, 15) is 18.0 Å². The number of sulfonamides is 1. The first-order valence-electron chi connectivity index (χ1n) is 12.9. The van der Waals surface area contributed by atoms with E-state index in [2.05, 4.69) is 5.32 Å². The van der Waals surface area contributed by atoms with Crippen LogP contribution in [0.15, 0.2) is 72.8 Å². The molecule has 0 spiro atoms. The van der Waals surface area contributed by atoms with Crippen molar-refractivity contribution in [3.8, 4) is 17.2 Å². The minimum absolute atomic E-state index is 0.0725. The fourth-order valence-corrected chi connectivity index (χ4v) is 4.57. The molecule has 0 saturated carbocycles. The van der Waals surface area contributed by atoms with Crippen molar-refractivity contribution < 1.29 is 32.2 Å². The molecule has 0 radical (unpaired) electrons. The quantitative estimate of drug-likeness (QED) is 0.310. The Morgan fingerprint density at radius 1 is 0.854 bits per heavy atom. The second kappa shape index (κ2) is 14.5. The van der Waals surface area contributed by atoms with Gasteiger partial charge in [-0.2, -0.15) is 4.31 Å². The van der Waals surface area contributed by atoms with Gasteiger partial charge in [0.15, 0.2) is 11.5 Å². The summed E-state index contributed by atoms with van der Waals surface area (Å²) >= 11 is 0. The zero-order valence-electron chi connectivity index (χ0n) is 24.0. The lowest BCUT2D eigenvalue weighted by molar-refractivity contribution is -0.141. The predicted octanol–water partition coefficient (Wildman–Crippen LogP) is 3.03. The lowest BCUT2D eigenvalue weighted by Gasteiger charge is -2.32. The van der Waals surface area contributed by atoms with E-state index in [1.54, 1.807) is 75.9 Å². The molecule has 0 aliphatic heterocycles. The van der Waals surface area contributed by atoms with E-state index in [1.807, 2.05) is 18.2 Å². The van der Waals surface area contributed by atoms with Gasteiger partial charge in [-0.3, -0.25) is 9.59 Å². The second-order valence-electron chi connectivity index (χ2n) is 9.43. The van der Waals surface area contributed by atoms with Gasteiger partial charge in [0.05, 0.1) is 34.1 Å². The van der Waals surface area contributed by atoms with Gasteiger partial charge < -0.3 is 24.4 Å². The molecule has 0 aliphatic carbocycles. The van der Waals surface area contributed by atoms with Gasteiger partial charge in [0.25, 0.3) is 0 Å². The lowest BCUT2D eigenvalue weighted by Crippen LogP contribution is -2.47. The highest BCUT2D eigenvalue weighted by molar-refractivity contribution is 7.88. The summed E-state index contributed by atoms with van der Waals surface area (Å²) in [4.78, 5) is 28.8. The number of carbonyl (C=O) groups excluding carboxylic acids is 2. The Morgan fingerprint density at radius 2 is 1.49 bits per heavy atom. The molecular weight excluding hydrogens is 546 g/mol. The molecule has 0 bridgehead atoms. The number of rotatable bonds is 14. The van der Waals surface area contributed by atoms with Gasteiger partial charge >= 0.3 is 0 Å². The Kier molecular flexibility index (Phi) is 11.1. The largest absolute Gasteiger partial charge is 0.497 e. The Labute approximate surface area is 241 Å². The number of carbonyl (C=O) groups is 2. The van der Waals surface area contributed by atoms with Crippen LogP contribution in [0.4, 0.5) is 0 Å². The van der Waals surface area contributed by atoms with Crippen molar-refractivity contribution in [1.82, 2.24) is 14.5 Å². The molecular formula is C30H37N3O7S. The molecule has 0 aliphatic rings. The molecule has 0 unspecified atom stereocenters. The molecule has 0 aromatic heterocycles. The first-order valence-corrected chi connectivity index (χ1v) is 14.8. The SMILES string of the molecule is COc1ccc(CN(C(=O)CN(C)S(C)(=O)=O)[C@@H](C(=O)NCCc2ccc(OC)c(OC)c2)c2ccccc2)cc1. The summed E-state index contributed by atoms with van der Waals surface area (Å²) in [6, 6.07) is 20.6. The van der Waals surface area contributed by atoms with Crippen molar-refractivity contribution in [3.05, 3.63) is 89.5 Å². The Bertz CT molecular complexity index is 1410. The standard InChI is InChI=1S/C30H37N3O7S/c1-32(41(5,36)37)21-28(34)33(20-23-11-14-25(38-2)15-12-23)29(24-9-7-6-8-10-24)30(35)31-18-17-22-13-16-26(39-3)27(19-22)40-4/h6-16,19,29H,17-18,20-21H2,1-5H3,(H,31,35)/t29-/m1/s1. The van der Waals surface area contributed by atoms with Gasteiger partial charge in [0.2, 0.25) is 21.8 Å². The number of hydrogen-bond acceptors (Lipinski definition) is 7. The van der Waals surface area contributed by atoms with Crippen LogP contribution in [0.2, 0.25) is 0 Å². The number of hydrogen-bond donors (Lipinski definition) is 1. The normalized spacial score (nSPS) is 12.0. The van der Waals surface area contributed by atoms with Crippen LogP contribution in [0.1, 0.15) is 22.7 Å². The van der Waals surface area contributed by atoms with Crippen molar-refractivity contribution in [1.29, 1.82) is 0 Å². The Hall–Kier alpha value is -4.09. The number of ether oxygens (including phenoxy) is 3. The molecule has 1 N–H and O–H groups in total. The molecule has 1 atom stereocenters. The van der Waals surface area contributed by atoms with Crippen molar-refractivity contribution >= 4 is 21.8 Å². The summed E-state index contributed by atoms with van der Waals surface area (Å²) in [5.74, 6) is 0.940. The van der Waals surface area contributed by atoms with Crippen LogP contribution in [0.5, 0.6) is 17.2 Å².